The van der Waals surface area contributed by atoms with E-state index in [-0.39, 0.29) is 23.3 Å². The molecule has 1 saturated heterocycles. The summed E-state index contributed by atoms with van der Waals surface area (Å²) in [5.74, 6) is 0. The molecule has 21 heavy (non-hydrogen) atoms. The van der Waals surface area contributed by atoms with Crippen molar-refractivity contribution in [3.8, 4) is 0 Å². The zero-order valence-electron chi connectivity index (χ0n) is 12.1. The number of anilines is 1. The van der Waals surface area contributed by atoms with E-state index in [1.165, 1.54) is 0 Å². The molecule has 1 unspecified atom stereocenters. The van der Waals surface area contributed by atoms with E-state index in [4.69, 9.17) is 0 Å². The minimum absolute atomic E-state index is 0. The van der Waals surface area contributed by atoms with Crippen LogP contribution in [-0.4, -0.2) is 41.6 Å². The number of benzene rings is 1. The molecule has 8 heteroatoms. The van der Waals surface area contributed by atoms with Gasteiger partial charge < -0.3 is 10.2 Å². The van der Waals surface area contributed by atoms with Crippen molar-refractivity contribution in [1.29, 1.82) is 0 Å². The van der Waals surface area contributed by atoms with Gasteiger partial charge in [0.05, 0.1) is 4.90 Å². The number of rotatable bonds is 5. The number of sulfonamides is 1. The van der Waals surface area contributed by atoms with Gasteiger partial charge in [0.15, 0.2) is 0 Å². The molecule has 1 fully saturated rings. The predicted molar refractivity (Wildman–Crippen MR) is 91.9 cm³/mol. The van der Waals surface area contributed by atoms with Gasteiger partial charge in [-0.2, -0.15) is 0 Å². The van der Waals surface area contributed by atoms with Crippen molar-refractivity contribution < 1.29 is 8.42 Å². The summed E-state index contributed by atoms with van der Waals surface area (Å²) in [4.78, 5) is 2.16. The van der Waals surface area contributed by atoms with Gasteiger partial charge in [-0.3, -0.25) is 0 Å². The van der Waals surface area contributed by atoms with E-state index in [1.54, 1.807) is 12.1 Å². The summed E-state index contributed by atoms with van der Waals surface area (Å²) in [5.41, 5.74) is 0.854. The Kier molecular flexibility index (Phi) is 6.93. The van der Waals surface area contributed by atoms with Crippen LogP contribution in [0.25, 0.3) is 0 Å². The van der Waals surface area contributed by atoms with Gasteiger partial charge in [0.25, 0.3) is 0 Å². The largest absolute Gasteiger partial charge is 0.378 e. The third-order valence-electron chi connectivity index (χ3n) is 3.40. The Morgan fingerprint density at radius 2 is 2.14 bits per heavy atom. The molecule has 2 rings (SSSR count). The van der Waals surface area contributed by atoms with Crippen LogP contribution in [0.15, 0.2) is 27.6 Å². The Morgan fingerprint density at radius 3 is 2.71 bits per heavy atom. The molecule has 0 aromatic heterocycles. The van der Waals surface area contributed by atoms with Crippen LogP contribution < -0.4 is 14.9 Å². The molecule has 0 saturated carbocycles. The summed E-state index contributed by atoms with van der Waals surface area (Å²) < 4.78 is 28.1. The van der Waals surface area contributed by atoms with Crippen molar-refractivity contribution in [2.24, 2.45) is 0 Å². The van der Waals surface area contributed by atoms with Gasteiger partial charge in [-0.05, 0) is 53.5 Å². The fourth-order valence-electron chi connectivity index (χ4n) is 2.20. The summed E-state index contributed by atoms with van der Waals surface area (Å²) in [5, 5.41) is 3.28. The van der Waals surface area contributed by atoms with Crippen molar-refractivity contribution in [3.63, 3.8) is 0 Å². The second kappa shape index (κ2) is 7.78. The lowest BCUT2D eigenvalue weighted by Crippen LogP contribution is -2.37. The van der Waals surface area contributed by atoms with E-state index in [9.17, 15) is 8.42 Å². The minimum atomic E-state index is -3.50. The third-order valence-corrected chi connectivity index (χ3v) is 5.82. The van der Waals surface area contributed by atoms with Crippen LogP contribution in [0.5, 0.6) is 0 Å². The highest BCUT2D eigenvalue weighted by Gasteiger charge is 2.21. The fourth-order valence-corrected chi connectivity index (χ4v) is 4.26. The first-order valence-electron chi connectivity index (χ1n) is 6.60. The van der Waals surface area contributed by atoms with E-state index >= 15 is 0 Å². The van der Waals surface area contributed by atoms with Gasteiger partial charge in [0, 0.05) is 36.8 Å². The van der Waals surface area contributed by atoms with Crippen LogP contribution in [0, 0.1) is 0 Å². The van der Waals surface area contributed by atoms with Gasteiger partial charge in [-0.1, -0.05) is 0 Å². The van der Waals surface area contributed by atoms with Crippen LogP contribution in [0.1, 0.15) is 12.8 Å². The smallest absolute Gasteiger partial charge is 0.241 e. The Morgan fingerprint density at radius 1 is 1.43 bits per heavy atom. The van der Waals surface area contributed by atoms with Crippen LogP contribution in [0.2, 0.25) is 0 Å². The first-order chi connectivity index (χ1) is 9.40. The summed E-state index contributed by atoms with van der Waals surface area (Å²) in [6, 6.07) is 5.55. The quantitative estimate of drug-likeness (QED) is 0.796. The standard InChI is InChI=1S/C13H20BrN3O2S.ClH/c1-17(2)11-5-6-12(14)13(8-11)20(18,19)16-9-10-4-3-7-15-10;/h5-6,8,10,15-16H,3-4,7,9H2,1-2H3;1H. The summed E-state index contributed by atoms with van der Waals surface area (Å²) in [7, 11) is 0.271. The van der Waals surface area contributed by atoms with Gasteiger partial charge in [0.1, 0.15) is 0 Å². The number of hydrogen-bond acceptors (Lipinski definition) is 4. The van der Waals surface area contributed by atoms with Crippen molar-refractivity contribution in [1.82, 2.24) is 10.0 Å². The maximum absolute atomic E-state index is 12.4. The Hall–Kier alpha value is -0.340. The molecule has 1 aliphatic heterocycles. The number of hydrogen-bond donors (Lipinski definition) is 2. The molecule has 0 bridgehead atoms. The van der Waals surface area contributed by atoms with E-state index in [1.807, 2.05) is 25.1 Å². The Labute approximate surface area is 141 Å². The highest BCUT2D eigenvalue weighted by atomic mass is 79.9. The number of nitrogens with zero attached hydrogens (tertiary/aromatic N) is 1. The molecule has 2 N–H and O–H groups in total. The van der Waals surface area contributed by atoms with Gasteiger partial charge in [-0.25, -0.2) is 13.1 Å². The first kappa shape index (κ1) is 18.7. The van der Waals surface area contributed by atoms with E-state index < -0.39 is 10.0 Å². The maximum atomic E-state index is 12.4. The normalized spacial score (nSPS) is 18.3. The predicted octanol–water partition coefficient (Wildman–Crippen LogP) is 1.97. The monoisotopic (exact) mass is 397 g/mol. The zero-order valence-corrected chi connectivity index (χ0v) is 15.3. The fraction of sp³-hybridized carbons (Fsp3) is 0.538. The molecule has 1 heterocycles. The second-order valence-corrected chi connectivity index (χ2v) is 7.74. The molecule has 0 radical (unpaired) electrons. The SMILES string of the molecule is CN(C)c1ccc(Br)c(S(=O)(=O)NCC2CCCN2)c1.Cl. The molecular weight excluding hydrogens is 378 g/mol. The van der Waals surface area contributed by atoms with Crippen LogP contribution in [0.3, 0.4) is 0 Å². The maximum Gasteiger partial charge on any atom is 0.241 e. The molecule has 0 aliphatic carbocycles. The molecule has 1 aliphatic rings. The molecule has 1 aromatic carbocycles. The lowest BCUT2D eigenvalue weighted by Gasteiger charge is -2.16. The topological polar surface area (TPSA) is 61.4 Å². The van der Waals surface area contributed by atoms with Gasteiger partial charge in [0.2, 0.25) is 10.0 Å². The zero-order chi connectivity index (χ0) is 14.8. The number of nitrogens with one attached hydrogen (secondary N) is 2. The third kappa shape index (κ3) is 4.82. The van der Waals surface area contributed by atoms with Crippen molar-refractivity contribution in [2.45, 2.75) is 23.8 Å². The molecular formula is C13H21BrClN3O2S. The van der Waals surface area contributed by atoms with Crippen molar-refractivity contribution >= 4 is 44.0 Å². The lowest BCUT2D eigenvalue weighted by molar-refractivity contribution is 0.551. The molecule has 0 amide bonds. The summed E-state index contributed by atoms with van der Waals surface area (Å²) in [6.07, 6.45) is 2.12. The molecule has 1 atom stereocenters. The highest BCUT2D eigenvalue weighted by Crippen LogP contribution is 2.26. The van der Waals surface area contributed by atoms with Crippen LogP contribution in [-0.2, 0) is 10.0 Å². The Bertz CT molecular complexity index is 575. The molecule has 120 valence electrons. The molecule has 5 nitrogen and oxygen atoms in total. The first-order valence-corrected chi connectivity index (χ1v) is 8.88. The number of halogens is 2. The van der Waals surface area contributed by atoms with Crippen LogP contribution in [0.4, 0.5) is 5.69 Å². The molecule has 1 aromatic rings. The Balaban J connectivity index is 0.00000220. The van der Waals surface area contributed by atoms with Crippen molar-refractivity contribution in [2.75, 3.05) is 32.1 Å². The highest BCUT2D eigenvalue weighted by molar-refractivity contribution is 9.10. The summed E-state index contributed by atoms with van der Waals surface area (Å²) >= 11 is 3.32. The van der Waals surface area contributed by atoms with Crippen LogP contribution >= 0.6 is 28.3 Å². The van der Waals surface area contributed by atoms with Gasteiger partial charge in [-0.15, -0.1) is 12.4 Å². The van der Waals surface area contributed by atoms with Gasteiger partial charge >= 0.3 is 0 Å². The summed E-state index contributed by atoms with van der Waals surface area (Å²) in [6.45, 7) is 1.40. The van der Waals surface area contributed by atoms with E-state index in [0.717, 1.165) is 25.1 Å². The second-order valence-electron chi connectivity index (χ2n) is 5.15. The van der Waals surface area contributed by atoms with E-state index in [0.29, 0.717) is 11.0 Å². The average molecular weight is 399 g/mol. The van der Waals surface area contributed by atoms with E-state index in [2.05, 4.69) is 26.0 Å². The minimum Gasteiger partial charge on any atom is -0.378 e. The molecule has 0 spiro atoms. The van der Waals surface area contributed by atoms with Crippen molar-refractivity contribution in [3.05, 3.63) is 22.7 Å². The average Bonchev–Trinajstić information content (AvgIpc) is 2.89. The lowest BCUT2D eigenvalue weighted by atomic mass is 10.2.